The van der Waals surface area contributed by atoms with Crippen LogP contribution in [0.4, 0.5) is 11.5 Å². The molecule has 0 saturated carbocycles. The molecule has 4 N–H and O–H groups in total. The highest BCUT2D eigenvalue weighted by molar-refractivity contribution is 7.89. The van der Waals surface area contributed by atoms with Gasteiger partial charge >= 0.3 is 0 Å². The molecule has 0 aliphatic carbocycles. The summed E-state index contributed by atoms with van der Waals surface area (Å²) in [5.74, 6) is -1.21. The van der Waals surface area contributed by atoms with Crippen LogP contribution in [0, 0.1) is 0 Å². The van der Waals surface area contributed by atoms with Crippen LogP contribution in [0.1, 0.15) is 59.4 Å². The number of nitrogens with one attached hydrogen (secondary N) is 2. The molecule has 0 spiro atoms. The summed E-state index contributed by atoms with van der Waals surface area (Å²) in [7, 11) is -3.89. The van der Waals surface area contributed by atoms with E-state index in [2.05, 4.69) is 30.6 Å². The highest BCUT2D eigenvalue weighted by atomic mass is 32.2. The number of rotatable bonds is 12. The van der Waals surface area contributed by atoms with E-state index in [4.69, 9.17) is 5.73 Å². The number of hydrogen-bond donors (Lipinski definition) is 3. The van der Waals surface area contributed by atoms with E-state index in [0.29, 0.717) is 50.5 Å². The summed E-state index contributed by atoms with van der Waals surface area (Å²) in [5, 5.41) is 10.3. The molecule has 14 heteroatoms. The molecule has 0 aromatic carbocycles. The molecule has 220 valence electrons. The second-order valence-electron chi connectivity index (χ2n) is 9.65. The summed E-state index contributed by atoms with van der Waals surface area (Å²) in [4.78, 5) is 36.8. The summed E-state index contributed by atoms with van der Waals surface area (Å²) in [6.45, 7) is 9.47. The monoisotopic (exact) mass is 583 g/mol. The zero-order valence-electron chi connectivity index (χ0n) is 23.6. The van der Waals surface area contributed by atoms with Gasteiger partial charge in [-0.15, -0.1) is 0 Å². The molecule has 1 fully saturated rings. The molecule has 41 heavy (non-hydrogen) atoms. The van der Waals surface area contributed by atoms with Crippen LogP contribution in [0.25, 0.3) is 0 Å². The van der Waals surface area contributed by atoms with E-state index in [1.807, 2.05) is 32.9 Å². The first-order valence-electron chi connectivity index (χ1n) is 13.8. The van der Waals surface area contributed by atoms with Gasteiger partial charge in [-0.05, 0) is 37.6 Å². The van der Waals surface area contributed by atoms with Gasteiger partial charge in [0.2, 0.25) is 10.0 Å². The minimum atomic E-state index is -3.89. The van der Waals surface area contributed by atoms with Crippen molar-refractivity contribution in [2.24, 2.45) is 5.73 Å². The first-order valence-corrected chi connectivity index (χ1v) is 15.2. The number of nitrogens with two attached hydrogens (primary N) is 1. The van der Waals surface area contributed by atoms with Gasteiger partial charge in [0, 0.05) is 45.1 Å². The first kappa shape index (κ1) is 30.1. The number of sulfonamides is 1. The van der Waals surface area contributed by atoms with Gasteiger partial charge in [0.1, 0.15) is 10.7 Å². The zero-order chi connectivity index (χ0) is 29.6. The molecule has 0 atom stereocenters. The maximum atomic E-state index is 13.7. The van der Waals surface area contributed by atoms with Crippen molar-refractivity contribution in [1.82, 2.24) is 29.0 Å². The largest absolute Gasteiger partial charge is 0.369 e. The third-order valence-electron chi connectivity index (χ3n) is 6.97. The van der Waals surface area contributed by atoms with E-state index >= 15 is 0 Å². The van der Waals surface area contributed by atoms with E-state index < -0.39 is 21.8 Å². The molecule has 1 aliphatic rings. The molecule has 3 aromatic heterocycles. The van der Waals surface area contributed by atoms with Crippen LogP contribution in [0.3, 0.4) is 0 Å². The van der Waals surface area contributed by atoms with Gasteiger partial charge in [-0.25, -0.2) is 13.4 Å². The number of carbonyl (C=O) groups excluding carboxylic acids is 2. The van der Waals surface area contributed by atoms with Crippen LogP contribution >= 0.6 is 0 Å². The van der Waals surface area contributed by atoms with E-state index in [0.717, 1.165) is 13.0 Å². The van der Waals surface area contributed by atoms with Crippen molar-refractivity contribution >= 4 is 33.3 Å². The highest BCUT2D eigenvalue weighted by Crippen LogP contribution is 2.26. The normalized spacial score (nSPS) is 14.6. The molecule has 0 unspecified atom stereocenters. The van der Waals surface area contributed by atoms with Crippen LogP contribution in [-0.4, -0.2) is 88.5 Å². The average Bonchev–Trinajstić information content (AvgIpc) is 3.33. The lowest BCUT2D eigenvalue weighted by atomic mass is 10.2. The molecule has 4 rings (SSSR count). The van der Waals surface area contributed by atoms with Gasteiger partial charge in [0.15, 0.2) is 5.69 Å². The molecular formula is C27H37N9O4S. The summed E-state index contributed by atoms with van der Waals surface area (Å²) in [5.41, 5.74) is 7.04. The van der Waals surface area contributed by atoms with Crippen molar-refractivity contribution in [3.05, 3.63) is 59.3 Å². The minimum Gasteiger partial charge on any atom is -0.369 e. The predicted molar refractivity (Wildman–Crippen MR) is 155 cm³/mol. The van der Waals surface area contributed by atoms with Gasteiger partial charge in [0.05, 0.1) is 29.2 Å². The van der Waals surface area contributed by atoms with Crippen LogP contribution in [0.2, 0.25) is 0 Å². The lowest BCUT2D eigenvalue weighted by Crippen LogP contribution is -2.48. The number of aromatic nitrogens is 4. The number of carbonyl (C=O) groups is 2. The van der Waals surface area contributed by atoms with E-state index in [-0.39, 0.29) is 34.2 Å². The maximum Gasteiger partial charge on any atom is 0.271 e. The molecule has 0 radical (unpaired) electrons. The molecule has 1 aliphatic heterocycles. The predicted octanol–water partition coefficient (Wildman–Crippen LogP) is 1.78. The highest BCUT2D eigenvalue weighted by Gasteiger charge is 2.30. The number of pyridine rings is 2. The molecule has 13 nitrogen and oxygen atoms in total. The Hall–Kier alpha value is -3.88. The van der Waals surface area contributed by atoms with Gasteiger partial charge in [-0.2, -0.15) is 9.40 Å². The Labute approximate surface area is 240 Å². The van der Waals surface area contributed by atoms with Crippen LogP contribution in [0.5, 0.6) is 0 Å². The van der Waals surface area contributed by atoms with Gasteiger partial charge < -0.3 is 21.3 Å². The van der Waals surface area contributed by atoms with Crippen molar-refractivity contribution in [2.45, 2.75) is 45.1 Å². The number of hydrogen-bond acceptors (Lipinski definition) is 9. The fraction of sp³-hybridized carbons (Fsp3) is 0.444. The Morgan fingerprint density at radius 2 is 1.83 bits per heavy atom. The molecule has 3 aromatic rings. The van der Waals surface area contributed by atoms with Gasteiger partial charge in [0.25, 0.3) is 11.8 Å². The Kier molecular flexibility index (Phi) is 9.68. The fourth-order valence-electron chi connectivity index (χ4n) is 4.70. The number of nitrogens with zero attached hydrogens (tertiary/aromatic N) is 6. The van der Waals surface area contributed by atoms with E-state index in [1.54, 1.807) is 16.9 Å². The topological polar surface area (TPSA) is 168 Å². The number of primary amides is 1. The molecule has 4 heterocycles. The van der Waals surface area contributed by atoms with Crippen molar-refractivity contribution in [3.8, 4) is 0 Å². The Morgan fingerprint density at radius 3 is 2.44 bits per heavy atom. The van der Waals surface area contributed by atoms with Crippen molar-refractivity contribution < 1.29 is 18.0 Å². The average molecular weight is 584 g/mol. The number of amides is 2. The fourth-order valence-corrected chi connectivity index (χ4v) is 6.09. The Balaban J connectivity index is 1.69. The number of likely N-dealkylation sites (N-methyl/N-ethyl adjacent to an activating group) is 1. The maximum absolute atomic E-state index is 13.7. The second-order valence-corrected chi connectivity index (χ2v) is 11.6. The summed E-state index contributed by atoms with van der Waals surface area (Å²) < 4.78 is 30.0. The molecular weight excluding hydrogens is 546 g/mol. The molecule has 2 amide bonds. The van der Waals surface area contributed by atoms with E-state index in [1.165, 1.54) is 16.6 Å². The number of anilines is 2. The van der Waals surface area contributed by atoms with Crippen LogP contribution in [0.15, 0.2) is 41.6 Å². The van der Waals surface area contributed by atoms with Crippen LogP contribution in [-0.2, 0) is 23.0 Å². The van der Waals surface area contributed by atoms with E-state index in [9.17, 15) is 18.0 Å². The quantitative estimate of drug-likeness (QED) is 0.288. The molecule has 0 bridgehead atoms. The summed E-state index contributed by atoms with van der Waals surface area (Å²) in [6.07, 6.45) is 4.12. The third kappa shape index (κ3) is 6.72. The minimum absolute atomic E-state index is 0.0293. The second kappa shape index (κ2) is 13.2. The lowest BCUT2D eigenvalue weighted by molar-refractivity contribution is 0.0995. The van der Waals surface area contributed by atoms with Gasteiger partial charge in [-0.3, -0.25) is 19.3 Å². The van der Waals surface area contributed by atoms with Crippen molar-refractivity contribution in [3.63, 3.8) is 0 Å². The Bertz CT molecular complexity index is 1480. The SMILES string of the molecule is CCCNc1ncc(S(=O)(=O)N2CCN(CC)CC2)cc1C(=O)Nc1c(C(N)=O)nn(Cc2ccccn2)c1CC. The summed E-state index contributed by atoms with van der Waals surface area (Å²) in [6, 6.07) is 6.80. The zero-order valence-corrected chi connectivity index (χ0v) is 24.4. The van der Waals surface area contributed by atoms with Gasteiger partial charge in [-0.1, -0.05) is 26.8 Å². The Morgan fingerprint density at radius 1 is 1.07 bits per heavy atom. The lowest BCUT2D eigenvalue weighted by Gasteiger charge is -2.33. The summed E-state index contributed by atoms with van der Waals surface area (Å²) >= 11 is 0. The molecule has 1 saturated heterocycles. The van der Waals surface area contributed by atoms with Crippen molar-refractivity contribution in [1.29, 1.82) is 0 Å². The number of piperazine rings is 1. The third-order valence-corrected chi connectivity index (χ3v) is 8.83. The van der Waals surface area contributed by atoms with Crippen LogP contribution < -0.4 is 16.4 Å². The van der Waals surface area contributed by atoms with Crippen molar-refractivity contribution in [2.75, 3.05) is 49.9 Å². The smallest absolute Gasteiger partial charge is 0.271 e. The first-order chi connectivity index (χ1) is 19.7. The standard InChI is InChI=1S/C27H37N9O4S/c1-4-10-30-26-21(16-20(17-31-26)41(39,40)35-14-12-34(6-3)13-15-35)27(38)32-23-22(5-2)36(33-24(23)25(28)37)18-19-9-7-8-11-29-19/h7-9,11,16-17H,4-6,10,12-15,18H2,1-3H3,(H2,28,37)(H,30,31)(H,32,38).